The van der Waals surface area contributed by atoms with Crippen molar-refractivity contribution >= 4 is 11.8 Å². The zero-order valence-corrected chi connectivity index (χ0v) is 22.5. The average molecular weight is 522 g/mol. The highest BCUT2D eigenvalue weighted by atomic mass is 19.1. The summed E-state index contributed by atoms with van der Waals surface area (Å²) in [6.07, 6.45) is 8.67. The number of amides is 2. The number of hydrogen-bond acceptors (Lipinski definition) is 4. The predicted molar refractivity (Wildman–Crippen MR) is 146 cm³/mol. The number of nitrogens with two attached hydrogens (primary N) is 1. The van der Waals surface area contributed by atoms with Crippen molar-refractivity contribution in [1.29, 1.82) is 0 Å². The van der Waals surface area contributed by atoms with Gasteiger partial charge in [0.05, 0.1) is 6.61 Å². The molecular formula is C31H40FN3O3. The van der Waals surface area contributed by atoms with Gasteiger partial charge < -0.3 is 20.3 Å². The monoisotopic (exact) mass is 521 g/mol. The molecule has 3 aliphatic rings. The normalized spacial score (nSPS) is 22.1. The van der Waals surface area contributed by atoms with Crippen molar-refractivity contribution in [3.05, 3.63) is 53.8 Å². The Balaban J connectivity index is 1.14. The Kier molecular flexibility index (Phi) is 8.03. The Morgan fingerprint density at radius 2 is 1.74 bits per heavy atom. The molecule has 2 saturated heterocycles. The summed E-state index contributed by atoms with van der Waals surface area (Å²) in [5.41, 5.74) is 7.65. The first-order valence-electron chi connectivity index (χ1n) is 14.2. The van der Waals surface area contributed by atoms with Crippen molar-refractivity contribution in [1.82, 2.24) is 9.80 Å². The fraction of sp³-hybridized carbons (Fsp3) is 0.548. The van der Waals surface area contributed by atoms with E-state index in [1.807, 2.05) is 6.07 Å². The number of ether oxygens (including phenoxy) is 1. The Hall–Kier alpha value is -2.93. The average Bonchev–Trinajstić information content (AvgIpc) is 2.91. The molecule has 0 aromatic heterocycles. The molecule has 5 rings (SSSR count). The summed E-state index contributed by atoms with van der Waals surface area (Å²) < 4.78 is 21.0. The maximum atomic E-state index is 15.0. The van der Waals surface area contributed by atoms with Crippen molar-refractivity contribution in [3.63, 3.8) is 0 Å². The van der Waals surface area contributed by atoms with Gasteiger partial charge >= 0.3 is 0 Å². The first-order chi connectivity index (χ1) is 18.3. The molecule has 3 fully saturated rings. The first kappa shape index (κ1) is 26.7. The Bertz CT molecular complexity index is 1140. The van der Waals surface area contributed by atoms with E-state index in [0.717, 1.165) is 38.8 Å². The van der Waals surface area contributed by atoms with Crippen LogP contribution in [0.1, 0.15) is 68.6 Å². The highest BCUT2D eigenvalue weighted by Crippen LogP contribution is 2.41. The molecule has 2 aliphatic heterocycles. The zero-order chi connectivity index (χ0) is 26.7. The molecule has 1 aliphatic carbocycles. The molecule has 6 nitrogen and oxygen atoms in total. The fourth-order valence-corrected chi connectivity index (χ4v) is 6.25. The number of benzene rings is 2. The first-order valence-corrected chi connectivity index (χ1v) is 14.2. The smallest absolute Gasteiger partial charge is 0.254 e. The van der Waals surface area contributed by atoms with Gasteiger partial charge in [0.1, 0.15) is 17.6 Å². The Morgan fingerprint density at radius 3 is 2.37 bits per heavy atom. The number of likely N-dealkylation sites (tertiary alicyclic amines) is 2. The molecule has 204 valence electrons. The number of primary amides is 1. The number of rotatable bonds is 8. The van der Waals surface area contributed by atoms with Gasteiger partial charge in [-0.25, -0.2) is 4.39 Å². The second kappa shape index (κ2) is 11.4. The third kappa shape index (κ3) is 6.04. The summed E-state index contributed by atoms with van der Waals surface area (Å²) in [7, 11) is 0. The molecule has 0 unspecified atom stereocenters. The predicted octanol–water partition coefficient (Wildman–Crippen LogP) is 5.25. The van der Waals surface area contributed by atoms with Crippen LogP contribution in [0.2, 0.25) is 0 Å². The third-order valence-electron chi connectivity index (χ3n) is 8.83. The quantitative estimate of drug-likeness (QED) is 0.515. The summed E-state index contributed by atoms with van der Waals surface area (Å²) in [5.74, 6) is 0.0116. The van der Waals surface area contributed by atoms with E-state index in [9.17, 15) is 9.59 Å². The molecule has 0 radical (unpaired) electrons. The number of hydrogen-bond donors (Lipinski definition) is 1. The molecule has 2 amide bonds. The van der Waals surface area contributed by atoms with E-state index in [0.29, 0.717) is 53.3 Å². The van der Waals surface area contributed by atoms with E-state index < -0.39 is 11.9 Å². The summed E-state index contributed by atoms with van der Waals surface area (Å²) >= 11 is 0. The van der Waals surface area contributed by atoms with E-state index in [4.69, 9.17) is 10.5 Å². The molecule has 0 bridgehead atoms. The van der Waals surface area contributed by atoms with E-state index in [1.54, 1.807) is 35.2 Å². The highest BCUT2D eigenvalue weighted by molar-refractivity contribution is 5.97. The Labute approximate surface area is 225 Å². The van der Waals surface area contributed by atoms with Crippen LogP contribution in [0.5, 0.6) is 5.75 Å². The number of carbonyl (C=O) groups is 2. The van der Waals surface area contributed by atoms with Crippen molar-refractivity contribution in [2.45, 2.75) is 64.3 Å². The van der Waals surface area contributed by atoms with Gasteiger partial charge in [-0.05, 0) is 99.2 Å². The lowest BCUT2D eigenvalue weighted by atomic mass is 9.70. The Morgan fingerprint density at radius 1 is 1.00 bits per heavy atom. The minimum atomic E-state index is -0.566. The number of nitrogens with zero attached hydrogens (tertiary/aromatic N) is 2. The second-order valence-electron chi connectivity index (χ2n) is 11.8. The number of piperidine rings is 2. The van der Waals surface area contributed by atoms with Gasteiger partial charge in [0, 0.05) is 30.3 Å². The number of carbonyl (C=O) groups excluding carboxylic acids is 2. The molecule has 2 aromatic carbocycles. The van der Waals surface area contributed by atoms with Gasteiger partial charge in [-0.15, -0.1) is 0 Å². The maximum absolute atomic E-state index is 15.0. The zero-order valence-electron chi connectivity index (χ0n) is 22.5. The molecular weight excluding hydrogens is 481 g/mol. The fourth-order valence-electron chi connectivity index (χ4n) is 6.25. The molecule has 2 N–H and O–H groups in total. The van der Waals surface area contributed by atoms with Crippen molar-refractivity contribution in [2.75, 3.05) is 32.8 Å². The van der Waals surface area contributed by atoms with Crippen LogP contribution in [0.25, 0.3) is 11.1 Å². The number of halogens is 1. The van der Waals surface area contributed by atoms with Gasteiger partial charge in [0.25, 0.3) is 5.91 Å². The molecule has 2 aromatic rings. The van der Waals surface area contributed by atoms with Gasteiger partial charge in [-0.3, -0.25) is 9.59 Å². The summed E-state index contributed by atoms with van der Waals surface area (Å²) in [5, 5.41) is 0. The molecule has 1 atom stereocenters. The van der Waals surface area contributed by atoms with Crippen LogP contribution in [0.15, 0.2) is 42.5 Å². The minimum Gasteiger partial charge on any atom is -0.493 e. The summed E-state index contributed by atoms with van der Waals surface area (Å²) in [4.78, 5) is 28.9. The van der Waals surface area contributed by atoms with Gasteiger partial charge in [-0.1, -0.05) is 25.5 Å². The van der Waals surface area contributed by atoms with Crippen LogP contribution < -0.4 is 10.5 Å². The topological polar surface area (TPSA) is 75.9 Å². The second-order valence-corrected chi connectivity index (χ2v) is 11.8. The van der Waals surface area contributed by atoms with Crippen LogP contribution in [0.4, 0.5) is 4.39 Å². The lowest BCUT2D eigenvalue weighted by molar-refractivity contribution is -0.123. The lowest BCUT2D eigenvalue weighted by Gasteiger charge is -2.44. The van der Waals surface area contributed by atoms with E-state index >= 15 is 4.39 Å². The van der Waals surface area contributed by atoms with Gasteiger partial charge in [-0.2, -0.15) is 0 Å². The van der Waals surface area contributed by atoms with Crippen molar-refractivity contribution < 1.29 is 18.7 Å². The van der Waals surface area contributed by atoms with Crippen molar-refractivity contribution in [3.8, 4) is 16.9 Å². The van der Waals surface area contributed by atoms with E-state index in [2.05, 4.69) is 11.8 Å². The van der Waals surface area contributed by atoms with Crippen molar-refractivity contribution in [2.24, 2.45) is 17.1 Å². The summed E-state index contributed by atoms with van der Waals surface area (Å²) in [6, 6.07) is 11.3. The largest absolute Gasteiger partial charge is 0.493 e. The van der Waals surface area contributed by atoms with Crippen LogP contribution >= 0.6 is 0 Å². The maximum Gasteiger partial charge on any atom is 0.254 e. The van der Waals surface area contributed by atoms with Crippen LogP contribution in [-0.2, 0) is 4.79 Å². The van der Waals surface area contributed by atoms with E-state index in [1.165, 1.54) is 31.9 Å². The van der Waals surface area contributed by atoms with Crippen LogP contribution in [0.3, 0.4) is 0 Å². The molecule has 38 heavy (non-hydrogen) atoms. The third-order valence-corrected chi connectivity index (χ3v) is 8.83. The van der Waals surface area contributed by atoms with Crippen LogP contribution in [0, 0.1) is 17.2 Å². The van der Waals surface area contributed by atoms with E-state index in [-0.39, 0.29) is 11.7 Å². The molecule has 0 spiro atoms. The highest BCUT2D eigenvalue weighted by Gasteiger charge is 2.34. The SMILES string of the molecule is CC1(CN2CCC(COc3ccc(-c4ccc(C(=O)N5CCCC[C@H]5C(N)=O)cc4)c(F)c3)CC2)CCC1. The molecule has 7 heteroatoms. The lowest BCUT2D eigenvalue weighted by Crippen LogP contribution is -2.50. The summed E-state index contributed by atoms with van der Waals surface area (Å²) in [6.45, 7) is 7.00. The van der Waals surface area contributed by atoms with Gasteiger partial charge in [0.15, 0.2) is 0 Å². The van der Waals surface area contributed by atoms with Gasteiger partial charge in [0.2, 0.25) is 5.91 Å². The standard InChI is InChI=1S/C31H40FN3O3/c1-31(14-4-15-31)21-34-17-12-22(13-18-34)20-38-25-10-11-26(27(32)19-25)23-6-8-24(9-7-23)30(37)35-16-3-2-5-28(35)29(33)36/h6-11,19,22,28H,2-5,12-18,20-21H2,1H3,(H2,33,36)/t28-/m0/s1. The minimum absolute atomic E-state index is 0.215. The molecule has 2 heterocycles. The van der Waals surface area contributed by atoms with Crippen LogP contribution in [-0.4, -0.2) is 60.4 Å². The molecule has 1 saturated carbocycles.